The molecular weight excluding hydrogens is 244 g/mol. The minimum atomic E-state index is 0.937. The van der Waals surface area contributed by atoms with Gasteiger partial charge in [-0.3, -0.25) is 0 Å². The molecule has 0 radical (unpaired) electrons. The maximum atomic E-state index is 5.44. The third kappa shape index (κ3) is 2.77. The van der Waals surface area contributed by atoms with Crippen molar-refractivity contribution in [2.24, 2.45) is 0 Å². The van der Waals surface area contributed by atoms with E-state index in [0.717, 1.165) is 11.3 Å². The molecule has 2 aromatic rings. The number of aryl methyl sites for hydroxylation is 3. The molecule has 0 atom stereocenters. The molecule has 0 N–H and O–H groups in total. The van der Waals surface area contributed by atoms with Crippen LogP contribution in [0.3, 0.4) is 0 Å². The zero-order chi connectivity index (χ0) is 14.7. The molecule has 0 aliphatic rings. The Balaban J connectivity index is 2.72. The van der Waals surface area contributed by atoms with Crippen LogP contribution in [0.15, 0.2) is 36.4 Å². The number of rotatable bonds is 3. The quantitative estimate of drug-likeness (QED) is 0.730. The molecule has 0 heterocycles. The smallest absolute Gasteiger partial charge is 0.122 e. The summed E-state index contributed by atoms with van der Waals surface area (Å²) < 4.78 is 5.44. The molecule has 0 unspecified atom stereocenters. The fourth-order valence-corrected chi connectivity index (χ4v) is 2.50. The Hall–Kier alpha value is -2.02. The zero-order valence-electron chi connectivity index (χ0n) is 12.9. The molecule has 2 aromatic carbocycles. The van der Waals surface area contributed by atoms with Crippen LogP contribution < -0.4 is 4.74 Å². The summed E-state index contributed by atoms with van der Waals surface area (Å²) in [5.74, 6) is 0.937. The van der Waals surface area contributed by atoms with Gasteiger partial charge in [0.15, 0.2) is 0 Å². The van der Waals surface area contributed by atoms with Gasteiger partial charge >= 0.3 is 0 Å². The monoisotopic (exact) mass is 266 g/mol. The van der Waals surface area contributed by atoms with Gasteiger partial charge in [0.2, 0.25) is 0 Å². The molecular formula is C19H22O. The van der Waals surface area contributed by atoms with Crippen LogP contribution in [0.25, 0.3) is 17.2 Å². The van der Waals surface area contributed by atoms with Crippen LogP contribution in [-0.2, 0) is 0 Å². The van der Waals surface area contributed by atoms with Gasteiger partial charge < -0.3 is 4.74 Å². The average molecular weight is 266 g/mol. The molecule has 0 amide bonds. The van der Waals surface area contributed by atoms with Crippen molar-refractivity contribution in [2.45, 2.75) is 27.7 Å². The van der Waals surface area contributed by atoms with E-state index in [9.17, 15) is 0 Å². The summed E-state index contributed by atoms with van der Waals surface area (Å²) in [6.45, 7) is 8.43. The highest BCUT2D eigenvalue weighted by atomic mass is 16.5. The van der Waals surface area contributed by atoms with Crippen LogP contribution in [0.4, 0.5) is 0 Å². The van der Waals surface area contributed by atoms with E-state index in [1.165, 1.54) is 27.8 Å². The molecule has 0 aliphatic carbocycles. The summed E-state index contributed by atoms with van der Waals surface area (Å²) in [7, 11) is 1.72. The topological polar surface area (TPSA) is 9.23 Å². The molecule has 0 bridgehead atoms. The minimum Gasteiger partial charge on any atom is -0.496 e. The van der Waals surface area contributed by atoms with Crippen LogP contribution in [0, 0.1) is 20.8 Å². The van der Waals surface area contributed by atoms with Crippen LogP contribution in [0.1, 0.15) is 29.2 Å². The predicted molar refractivity (Wildman–Crippen MR) is 87.3 cm³/mol. The van der Waals surface area contributed by atoms with E-state index in [-0.39, 0.29) is 0 Å². The second-order valence-electron chi connectivity index (χ2n) is 5.23. The Bertz CT molecular complexity index is 651. The third-order valence-corrected chi connectivity index (χ3v) is 3.60. The molecule has 0 fully saturated rings. The summed E-state index contributed by atoms with van der Waals surface area (Å²) >= 11 is 0. The van der Waals surface area contributed by atoms with Crippen molar-refractivity contribution >= 4 is 6.08 Å². The van der Waals surface area contributed by atoms with E-state index < -0.39 is 0 Å². The second-order valence-corrected chi connectivity index (χ2v) is 5.23. The first-order valence-corrected chi connectivity index (χ1v) is 6.95. The van der Waals surface area contributed by atoms with Gasteiger partial charge in [0.25, 0.3) is 0 Å². The normalized spacial score (nSPS) is 11.1. The molecule has 0 saturated carbocycles. The minimum absolute atomic E-state index is 0.937. The van der Waals surface area contributed by atoms with Gasteiger partial charge in [0.05, 0.1) is 7.11 Å². The Morgan fingerprint density at radius 1 is 0.900 bits per heavy atom. The molecule has 20 heavy (non-hydrogen) atoms. The molecule has 0 saturated heterocycles. The molecule has 2 rings (SSSR count). The highest BCUT2D eigenvalue weighted by Gasteiger charge is 2.10. The Labute approximate surface area is 121 Å². The van der Waals surface area contributed by atoms with Gasteiger partial charge in [-0.15, -0.1) is 0 Å². The number of ether oxygens (including phenoxy) is 1. The van der Waals surface area contributed by atoms with Gasteiger partial charge in [0, 0.05) is 0 Å². The first-order chi connectivity index (χ1) is 9.56. The molecule has 1 heteroatoms. The summed E-state index contributed by atoms with van der Waals surface area (Å²) in [5, 5.41) is 0. The van der Waals surface area contributed by atoms with Crippen molar-refractivity contribution in [3.8, 4) is 16.9 Å². The van der Waals surface area contributed by atoms with Gasteiger partial charge in [-0.05, 0) is 67.6 Å². The van der Waals surface area contributed by atoms with Gasteiger partial charge in [0.1, 0.15) is 5.75 Å². The number of hydrogen-bond acceptors (Lipinski definition) is 1. The summed E-state index contributed by atoms with van der Waals surface area (Å²) in [4.78, 5) is 0. The lowest BCUT2D eigenvalue weighted by atomic mass is 9.92. The Morgan fingerprint density at radius 2 is 1.65 bits per heavy atom. The van der Waals surface area contributed by atoms with E-state index >= 15 is 0 Å². The van der Waals surface area contributed by atoms with E-state index in [4.69, 9.17) is 4.74 Å². The van der Waals surface area contributed by atoms with Crippen molar-refractivity contribution in [1.82, 2.24) is 0 Å². The van der Waals surface area contributed by atoms with E-state index in [0.29, 0.717) is 0 Å². The zero-order valence-corrected chi connectivity index (χ0v) is 12.9. The van der Waals surface area contributed by atoms with Crippen molar-refractivity contribution in [1.29, 1.82) is 0 Å². The van der Waals surface area contributed by atoms with Crippen LogP contribution in [0.5, 0.6) is 5.75 Å². The van der Waals surface area contributed by atoms with Crippen molar-refractivity contribution < 1.29 is 4.74 Å². The van der Waals surface area contributed by atoms with Crippen molar-refractivity contribution in [3.05, 3.63) is 58.7 Å². The summed E-state index contributed by atoms with van der Waals surface area (Å²) in [6, 6.07) is 10.9. The van der Waals surface area contributed by atoms with E-state index in [1.54, 1.807) is 7.11 Å². The van der Waals surface area contributed by atoms with Gasteiger partial charge in [-0.25, -0.2) is 0 Å². The highest BCUT2D eigenvalue weighted by molar-refractivity contribution is 5.79. The Morgan fingerprint density at radius 3 is 2.30 bits per heavy atom. The number of allylic oxidation sites excluding steroid dienone is 1. The second kappa shape index (κ2) is 5.96. The third-order valence-electron chi connectivity index (χ3n) is 3.60. The van der Waals surface area contributed by atoms with Crippen LogP contribution in [-0.4, -0.2) is 7.11 Å². The number of hydrogen-bond donors (Lipinski definition) is 0. The average Bonchev–Trinajstić information content (AvgIpc) is 2.43. The standard InChI is InChI=1S/C19H22O/c1-6-7-16-12-19(20-5)15(4)11-18(16)17-10-13(2)8-9-14(17)3/h6-12H,1-5H3/b7-6+. The van der Waals surface area contributed by atoms with E-state index in [2.05, 4.69) is 63.3 Å². The highest BCUT2D eigenvalue weighted by Crippen LogP contribution is 2.33. The van der Waals surface area contributed by atoms with E-state index in [1.807, 2.05) is 6.92 Å². The van der Waals surface area contributed by atoms with Crippen LogP contribution in [0.2, 0.25) is 0 Å². The fraction of sp³-hybridized carbons (Fsp3) is 0.263. The maximum Gasteiger partial charge on any atom is 0.122 e. The van der Waals surface area contributed by atoms with Crippen LogP contribution >= 0.6 is 0 Å². The fourth-order valence-electron chi connectivity index (χ4n) is 2.50. The summed E-state index contributed by atoms with van der Waals surface area (Å²) in [6.07, 6.45) is 4.21. The molecule has 0 aromatic heterocycles. The Kier molecular flexibility index (Phi) is 4.29. The summed E-state index contributed by atoms with van der Waals surface area (Å²) in [5.41, 5.74) is 7.50. The molecule has 1 nitrogen and oxygen atoms in total. The molecule has 0 spiro atoms. The molecule has 0 aliphatic heterocycles. The lowest BCUT2D eigenvalue weighted by Crippen LogP contribution is -1.93. The SMILES string of the molecule is C/C=C/c1cc(OC)c(C)cc1-c1cc(C)ccc1C. The van der Waals surface area contributed by atoms with Crippen molar-refractivity contribution in [3.63, 3.8) is 0 Å². The first-order valence-electron chi connectivity index (χ1n) is 6.95. The lowest BCUT2D eigenvalue weighted by molar-refractivity contribution is 0.411. The largest absolute Gasteiger partial charge is 0.496 e. The number of benzene rings is 2. The van der Waals surface area contributed by atoms with Gasteiger partial charge in [-0.1, -0.05) is 35.9 Å². The predicted octanol–water partition coefficient (Wildman–Crippen LogP) is 5.32. The van der Waals surface area contributed by atoms with Gasteiger partial charge in [-0.2, -0.15) is 0 Å². The number of methoxy groups -OCH3 is 1. The maximum absolute atomic E-state index is 5.44. The lowest BCUT2D eigenvalue weighted by Gasteiger charge is -2.14. The molecule has 104 valence electrons. The first kappa shape index (κ1) is 14.4. The van der Waals surface area contributed by atoms with Crippen molar-refractivity contribution in [2.75, 3.05) is 7.11 Å².